The van der Waals surface area contributed by atoms with Gasteiger partial charge in [-0.3, -0.25) is 13.9 Å². The standard InChI is InChI=1S/C28H31Cl2N3O4S/c1-4-20(2)31-28(35)21(3)32(18-22-9-6-5-7-10-22)27(34)19-33(25-12-8-11-24(30)17-25)38(36,37)26-15-13-23(29)14-16-26/h5-17,20-21H,4,18-19H2,1-3H3,(H,31,35)/t20-,21-/m1/s1. The maximum atomic E-state index is 13.8. The van der Waals surface area contributed by atoms with Crippen molar-refractivity contribution in [2.45, 2.75) is 50.7 Å². The lowest BCUT2D eigenvalue weighted by atomic mass is 10.1. The second-order valence-electron chi connectivity index (χ2n) is 8.95. The summed E-state index contributed by atoms with van der Waals surface area (Å²) in [5.74, 6) is -0.864. The Balaban J connectivity index is 2.01. The van der Waals surface area contributed by atoms with Gasteiger partial charge in [0.1, 0.15) is 12.6 Å². The number of carbonyl (C=O) groups is 2. The normalized spacial score (nSPS) is 12.9. The Bertz CT molecular complexity index is 1350. The molecule has 0 radical (unpaired) electrons. The molecule has 0 aromatic heterocycles. The smallest absolute Gasteiger partial charge is 0.264 e. The Morgan fingerprint density at radius 2 is 1.55 bits per heavy atom. The third kappa shape index (κ3) is 7.49. The Hall–Kier alpha value is -3.07. The summed E-state index contributed by atoms with van der Waals surface area (Å²) in [7, 11) is -4.19. The fourth-order valence-corrected chi connectivity index (χ4v) is 5.44. The van der Waals surface area contributed by atoms with Crippen LogP contribution in [0.2, 0.25) is 10.0 Å². The number of hydrogen-bond acceptors (Lipinski definition) is 4. The minimum absolute atomic E-state index is 0.0353. The van der Waals surface area contributed by atoms with Crippen LogP contribution in [0.4, 0.5) is 5.69 Å². The molecule has 3 rings (SSSR count). The van der Waals surface area contributed by atoms with Gasteiger partial charge in [-0.2, -0.15) is 0 Å². The Morgan fingerprint density at radius 1 is 0.895 bits per heavy atom. The zero-order valence-electron chi connectivity index (χ0n) is 21.5. The lowest BCUT2D eigenvalue weighted by molar-refractivity contribution is -0.139. The minimum atomic E-state index is -4.19. The summed E-state index contributed by atoms with van der Waals surface area (Å²) in [5.41, 5.74) is 1.02. The first kappa shape index (κ1) is 29.5. The van der Waals surface area contributed by atoms with Crippen molar-refractivity contribution >= 4 is 50.7 Å². The average molecular weight is 577 g/mol. The molecule has 7 nitrogen and oxygen atoms in total. The Morgan fingerprint density at radius 3 is 2.16 bits per heavy atom. The van der Waals surface area contributed by atoms with Gasteiger partial charge in [-0.25, -0.2) is 8.42 Å². The molecule has 0 saturated carbocycles. The Labute approximate surface area is 234 Å². The maximum absolute atomic E-state index is 13.8. The second kappa shape index (κ2) is 13.1. The van der Waals surface area contributed by atoms with E-state index in [9.17, 15) is 18.0 Å². The average Bonchev–Trinajstić information content (AvgIpc) is 2.90. The van der Waals surface area contributed by atoms with E-state index in [2.05, 4.69) is 5.32 Å². The number of anilines is 1. The molecule has 10 heteroatoms. The van der Waals surface area contributed by atoms with E-state index in [0.717, 1.165) is 16.3 Å². The first-order chi connectivity index (χ1) is 18.0. The van der Waals surface area contributed by atoms with Gasteiger partial charge < -0.3 is 10.2 Å². The maximum Gasteiger partial charge on any atom is 0.264 e. The molecule has 0 fully saturated rings. The van der Waals surface area contributed by atoms with E-state index in [1.807, 2.05) is 44.2 Å². The van der Waals surface area contributed by atoms with Gasteiger partial charge in [0.05, 0.1) is 10.6 Å². The van der Waals surface area contributed by atoms with E-state index in [4.69, 9.17) is 23.2 Å². The number of carbonyl (C=O) groups excluding carboxylic acids is 2. The summed E-state index contributed by atoms with van der Waals surface area (Å²) >= 11 is 12.1. The van der Waals surface area contributed by atoms with Gasteiger partial charge in [0, 0.05) is 22.6 Å². The predicted molar refractivity (Wildman–Crippen MR) is 152 cm³/mol. The largest absolute Gasteiger partial charge is 0.352 e. The third-order valence-electron chi connectivity index (χ3n) is 6.14. The monoisotopic (exact) mass is 575 g/mol. The number of hydrogen-bond donors (Lipinski definition) is 1. The predicted octanol–water partition coefficient (Wildman–Crippen LogP) is 5.52. The molecule has 3 aromatic carbocycles. The molecule has 0 aliphatic rings. The highest BCUT2D eigenvalue weighted by Crippen LogP contribution is 2.27. The highest BCUT2D eigenvalue weighted by molar-refractivity contribution is 7.92. The number of sulfonamides is 1. The highest BCUT2D eigenvalue weighted by Gasteiger charge is 2.32. The lowest BCUT2D eigenvalue weighted by Crippen LogP contribution is -2.52. The number of benzene rings is 3. The summed E-state index contributed by atoms with van der Waals surface area (Å²) < 4.78 is 28.5. The molecule has 0 spiro atoms. The van der Waals surface area contributed by atoms with E-state index in [-0.39, 0.29) is 29.1 Å². The molecule has 0 bridgehead atoms. The number of rotatable bonds is 11. The van der Waals surface area contributed by atoms with Crippen molar-refractivity contribution in [3.8, 4) is 0 Å². The van der Waals surface area contributed by atoms with Crippen LogP contribution in [0, 0.1) is 0 Å². The second-order valence-corrected chi connectivity index (χ2v) is 11.7. The van der Waals surface area contributed by atoms with Gasteiger partial charge in [-0.1, -0.05) is 66.5 Å². The van der Waals surface area contributed by atoms with Crippen molar-refractivity contribution in [3.05, 3.63) is 94.5 Å². The molecule has 202 valence electrons. The van der Waals surface area contributed by atoms with Gasteiger partial charge in [0.25, 0.3) is 10.0 Å². The van der Waals surface area contributed by atoms with Gasteiger partial charge >= 0.3 is 0 Å². The fourth-order valence-electron chi connectivity index (χ4n) is 3.72. The van der Waals surface area contributed by atoms with Crippen LogP contribution >= 0.6 is 23.2 Å². The van der Waals surface area contributed by atoms with Crippen molar-refractivity contribution in [3.63, 3.8) is 0 Å². The summed E-state index contributed by atoms with van der Waals surface area (Å²) in [4.78, 5) is 28.2. The van der Waals surface area contributed by atoms with Gasteiger partial charge in [0.15, 0.2) is 0 Å². The molecular formula is C28H31Cl2N3O4S. The Kier molecular flexibility index (Phi) is 10.2. The molecule has 3 aromatic rings. The molecule has 1 N–H and O–H groups in total. The highest BCUT2D eigenvalue weighted by atomic mass is 35.5. The molecule has 2 amide bonds. The van der Waals surface area contributed by atoms with Crippen LogP contribution in [0.3, 0.4) is 0 Å². The van der Waals surface area contributed by atoms with Crippen LogP contribution in [0.5, 0.6) is 0 Å². The van der Waals surface area contributed by atoms with Gasteiger partial charge in [-0.15, -0.1) is 0 Å². The van der Waals surface area contributed by atoms with Crippen LogP contribution in [-0.4, -0.2) is 43.8 Å². The van der Waals surface area contributed by atoms with E-state index in [1.54, 1.807) is 25.1 Å². The quantitative estimate of drug-likeness (QED) is 0.326. The molecular weight excluding hydrogens is 545 g/mol. The molecule has 0 aliphatic carbocycles. The van der Waals surface area contributed by atoms with Crippen LogP contribution in [0.15, 0.2) is 83.8 Å². The summed E-state index contributed by atoms with van der Waals surface area (Å²) in [6, 6.07) is 20.2. The molecule has 38 heavy (non-hydrogen) atoms. The van der Waals surface area contributed by atoms with Crippen molar-refractivity contribution < 1.29 is 18.0 Å². The van der Waals surface area contributed by atoms with Crippen LogP contribution < -0.4 is 9.62 Å². The van der Waals surface area contributed by atoms with E-state index >= 15 is 0 Å². The minimum Gasteiger partial charge on any atom is -0.352 e. The zero-order valence-corrected chi connectivity index (χ0v) is 23.8. The van der Waals surface area contributed by atoms with Crippen LogP contribution in [0.1, 0.15) is 32.8 Å². The van der Waals surface area contributed by atoms with Crippen molar-refractivity contribution in [2.75, 3.05) is 10.8 Å². The molecule has 0 saturated heterocycles. The first-order valence-corrected chi connectivity index (χ1v) is 14.4. The van der Waals surface area contributed by atoms with E-state index in [0.29, 0.717) is 10.0 Å². The van der Waals surface area contributed by atoms with Gasteiger partial charge in [0.2, 0.25) is 11.8 Å². The molecule has 0 aliphatic heterocycles. The number of halogens is 2. The number of amides is 2. The van der Waals surface area contributed by atoms with E-state index in [1.165, 1.54) is 35.2 Å². The molecule has 2 atom stereocenters. The van der Waals surface area contributed by atoms with Crippen LogP contribution in [-0.2, 0) is 26.2 Å². The topological polar surface area (TPSA) is 86.8 Å². The summed E-state index contributed by atoms with van der Waals surface area (Å²) in [5, 5.41) is 3.60. The molecule has 0 heterocycles. The lowest BCUT2D eigenvalue weighted by Gasteiger charge is -2.32. The van der Waals surface area contributed by atoms with Crippen LogP contribution in [0.25, 0.3) is 0 Å². The number of nitrogens with zero attached hydrogens (tertiary/aromatic N) is 2. The molecule has 0 unspecified atom stereocenters. The van der Waals surface area contributed by atoms with Gasteiger partial charge in [-0.05, 0) is 68.3 Å². The number of nitrogens with one attached hydrogen (secondary N) is 1. The first-order valence-electron chi connectivity index (χ1n) is 12.2. The van der Waals surface area contributed by atoms with Crippen molar-refractivity contribution in [2.24, 2.45) is 0 Å². The van der Waals surface area contributed by atoms with Crippen molar-refractivity contribution in [1.29, 1.82) is 0 Å². The summed E-state index contributed by atoms with van der Waals surface area (Å²) in [6.45, 7) is 5.05. The van der Waals surface area contributed by atoms with E-state index < -0.39 is 28.5 Å². The zero-order chi connectivity index (χ0) is 27.9. The third-order valence-corrected chi connectivity index (χ3v) is 8.42. The van der Waals surface area contributed by atoms with Crippen molar-refractivity contribution in [1.82, 2.24) is 10.2 Å². The summed E-state index contributed by atoms with van der Waals surface area (Å²) in [6.07, 6.45) is 0.729. The SMILES string of the molecule is CC[C@@H](C)NC(=O)[C@@H](C)N(Cc1ccccc1)C(=O)CN(c1cccc(Cl)c1)S(=O)(=O)c1ccc(Cl)cc1. The fraction of sp³-hybridized carbons (Fsp3) is 0.286.